The molecule has 0 amide bonds. The molecule has 0 saturated carbocycles. The van der Waals surface area contributed by atoms with Gasteiger partial charge >= 0.3 is 148 Å². The van der Waals surface area contributed by atoms with Crippen molar-refractivity contribution in [3.63, 3.8) is 0 Å². The molecule has 14 nitrogen and oxygen atoms in total. The van der Waals surface area contributed by atoms with Crippen molar-refractivity contribution < 1.29 is 197 Å². The van der Waals surface area contributed by atoms with Gasteiger partial charge in [-0.1, -0.05) is 41.1 Å². The van der Waals surface area contributed by atoms with Crippen molar-refractivity contribution in [2.75, 3.05) is 54.0 Å². The van der Waals surface area contributed by atoms with E-state index in [1.165, 1.54) is 40.1 Å². The Bertz CT molecular complexity index is 2280. The molecule has 3 aromatic rings. The third-order valence-electron chi connectivity index (χ3n) is 8.54. The minimum atomic E-state index is -1.59. The minimum absolute atomic E-state index is 0. The van der Waals surface area contributed by atoms with Crippen molar-refractivity contribution in [3.05, 3.63) is 92.1 Å². The summed E-state index contributed by atoms with van der Waals surface area (Å²) in [7, 11) is 0. The van der Waals surface area contributed by atoms with E-state index in [-0.39, 0.29) is 194 Å². The van der Waals surface area contributed by atoms with Crippen LogP contribution in [0.4, 0.5) is 17.1 Å². The van der Waals surface area contributed by atoms with E-state index in [1.54, 1.807) is 44.2 Å². The molecular formula is C37H28Cl2N3Na5O11. The summed E-state index contributed by atoms with van der Waals surface area (Å²) in [6, 6.07) is 14.8. The van der Waals surface area contributed by atoms with Gasteiger partial charge in [0.25, 0.3) is 0 Å². The number of carbonyl (C=O) groups is 4. The molecule has 0 radical (unpaired) electrons. The van der Waals surface area contributed by atoms with Crippen molar-refractivity contribution in [3.8, 4) is 28.2 Å². The van der Waals surface area contributed by atoms with Gasteiger partial charge < -0.3 is 63.8 Å². The Morgan fingerprint density at radius 2 is 1.09 bits per heavy atom. The number of carbonyl (C=O) groups excluding carboxylic acids is 4. The van der Waals surface area contributed by atoms with Crippen molar-refractivity contribution >= 4 is 75.1 Å². The number of benzene rings is 4. The maximum absolute atomic E-state index is 12.3. The summed E-state index contributed by atoms with van der Waals surface area (Å²) in [6.07, 6.45) is 0. The summed E-state index contributed by atoms with van der Waals surface area (Å²) in [4.78, 5) is 63.0. The van der Waals surface area contributed by atoms with Gasteiger partial charge in [-0.3, -0.25) is 4.79 Å². The van der Waals surface area contributed by atoms with Crippen LogP contribution in [0, 0.1) is 13.8 Å². The number of rotatable bonds is 15. The van der Waals surface area contributed by atoms with Crippen LogP contribution in [0.1, 0.15) is 11.1 Å². The van der Waals surface area contributed by atoms with Gasteiger partial charge in [-0.15, -0.1) is 0 Å². The zero-order valence-corrected chi connectivity index (χ0v) is 44.6. The number of anilines is 3. The first kappa shape index (κ1) is 57.0. The minimum Gasteiger partial charge on any atom is -0.871 e. The second-order valence-electron chi connectivity index (χ2n) is 12.2. The zero-order chi connectivity index (χ0) is 38.7. The second-order valence-corrected chi connectivity index (χ2v) is 13.0. The summed E-state index contributed by atoms with van der Waals surface area (Å²) >= 11 is 12.4. The molecule has 0 N–H and O–H groups in total. The second kappa shape index (κ2) is 25.2. The van der Waals surface area contributed by atoms with Crippen LogP contribution < -0.4 is 193 Å². The largest absolute Gasteiger partial charge is 1.00 e. The number of fused-ring (bicyclic) bond motifs is 2. The van der Waals surface area contributed by atoms with Gasteiger partial charge in [0.2, 0.25) is 5.43 Å². The van der Waals surface area contributed by atoms with E-state index < -0.39 is 61.2 Å². The molecule has 0 bridgehead atoms. The van der Waals surface area contributed by atoms with Gasteiger partial charge in [0.15, 0.2) is 0 Å². The van der Waals surface area contributed by atoms with Crippen LogP contribution in [-0.4, -0.2) is 63.1 Å². The number of nitrogens with zero attached hydrogens (tertiary/aromatic N) is 3. The van der Waals surface area contributed by atoms with Crippen molar-refractivity contribution in [1.82, 2.24) is 0 Å². The summed E-state index contributed by atoms with van der Waals surface area (Å²) < 4.78 is 5.86. The number of aliphatic carboxylic acids is 4. The summed E-state index contributed by atoms with van der Waals surface area (Å²) in [6.45, 7) is 0.103. The van der Waals surface area contributed by atoms with Gasteiger partial charge in [0.05, 0.1) is 66.5 Å². The number of carboxylic acid groups (broad SMARTS) is 4. The Morgan fingerprint density at radius 1 is 0.621 bits per heavy atom. The van der Waals surface area contributed by atoms with E-state index in [1.807, 2.05) is 0 Å². The molecule has 58 heavy (non-hydrogen) atoms. The molecule has 0 unspecified atom stereocenters. The molecule has 1 heterocycles. The van der Waals surface area contributed by atoms with Crippen molar-refractivity contribution in [2.24, 2.45) is 0 Å². The fourth-order valence-corrected chi connectivity index (χ4v) is 6.34. The van der Waals surface area contributed by atoms with Crippen LogP contribution >= 0.6 is 23.2 Å². The first-order valence-electron chi connectivity index (χ1n) is 15.8. The van der Waals surface area contributed by atoms with Crippen molar-refractivity contribution in [1.29, 1.82) is 0 Å². The normalized spacial score (nSPS) is 10.1. The Balaban J connectivity index is 0.00000650. The van der Waals surface area contributed by atoms with Crippen molar-refractivity contribution in [2.45, 2.75) is 13.8 Å². The molecule has 276 valence electrons. The average Bonchev–Trinajstić information content (AvgIpc) is 3.06. The predicted octanol–water partition coefficient (Wildman–Crippen LogP) is -15.3. The predicted molar refractivity (Wildman–Crippen MR) is 187 cm³/mol. The third kappa shape index (κ3) is 14.3. The van der Waals surface area contributed by atoms with E-state index in [4.69, 9.17) is 27.6 Å². The van der Waals surface area contributed by atoms with Gasteiger partial charge in [0, 0.05) is 46.4 Å². The molecule has 0 aromatic heterocycles. The molecule has 0 fully saturated rings. The number of halogens is 2. The van der Waals surface area contributed by atoms with E-state index in [0.717, 1.165) is 4.90 Å². The fourth-order valence-electron chi connectivity index (χ4n) is 6.01. The Kier molecular flexibility index (Phi) is 24.8. The van der Waals surface area contributed by atoms with Crippen LogP contribution in [0.2, 0.25) is 10.0 Å². The van der Waals surface area contributed by atoms with Crippen LogP contribution in [0.25, 0.3) is 33.4 Å². The number of hydrogen-bond acceptors (Lipinski definition) is 14. The molecule has 21 heteroatoms. The standard InChI is InChI=1S/C37H33Cl2N3O11.5Na/c1-19-9-27(28(10-20(19)2)42(17-35(49)50)18-36(51)52)41(16-34(47)48)8-7-40(15-33(45)46)22-5-3-21(4-6-22)37-23-11-25(38)29(43)13-31(23)53-32-14-30(44)26(39)12-24(32)37;;;;;/h3-6,9-14,43H,7-8,15-18H2,1-2H3,(H,45,46)(H,47,48)(H,49,50)(H,51,52);;;;;/q;5*+1/p-5. The summed E-state index contributed by atoms with van der Waals surface area (Å²) in [5.41, 5.74) is 3.08. The number of carboxylic acids is 4. The smallest absolute Gasteiger partial charge is 0.871 e. The molecule has 3 aromatic carbocycles. The van der Waals surface area contributed by atoms with Crippen LogP contribution in [-0.2, 0) is 19.2 Å². The SMILES string of the molecule is Cc1cc(N(CCN(CC(=O)[O-])c2ccc(-c3c4cc(Cl)c(=O)cc-4oc4cc([O-])c(Cl)cc34)cc2)CC(=O)[O-])c(N(CC(=O)[O-])CC(=O)[O-])cc1C.[Na+].[Na+].[Na+].[Na+].[Na+]. The first-order chi connectivity index (χ1) is 25.0. The van der Waals surface area contributed by atoms with E-state index in [0.29, 0.717) is 38.9 Å². The van der Waals surface area contributed by atoms with Crippen LogP contribution in [0.3, 0.4) is 0 Å². The summed E-state index contributed by atoms with van der Waals surface area (Å²) in [5, 5.41) is 59.6. The topological polar surface area (TPSA) is 224 Å². The Labute approximate surface area is 453 Å². The van der Waals surface area contributed by atoms with Gasteiger partial charge in [-0.25, -0.2) is 0 Å². The van der Waals surface area contributed by atoms with Gasteiger partial charge in [0.1, 0.15) is 11.3 Å². The number of aryl methyl sites for hydroxylation is 2. The maximum Gasteiger partial charge on any atom is 1.00 e. The molecule has 0 atom stereocenters. The quantitative estimate of drug-likeness (QED) is 0.0704. The molecule has 2 aliphatic rings. The third-order valence-corrected chi connectivity index (χ3v) is 9.13. The molecule has 0 saturated heterocycles. The first-order valence-corrected chi connectivity index (χ1v) is 16.6. The molecule has 1 aliphatic heterocycles. The molecular weight excluding hydrogens is 848 g/mol. The molecule has 1 aliphatic carbocycles. The maximum atomic E-state index is 12.3. The van der Waals surface area contributed by atoms with E-state index >= 15 is 0 Å². The Morgan fingerprint density at radius 3 is 1.60 bits per heavy atom. The molecule has 5 rings (SSSR count). The van der Waals surface area contributed by atoms with E-state index in [9.17, 15) is 49.5 Å². The monoisotopic (exact) mass is 875 g/mol. The fraction of sp³-hybridized carbons (Fsp3) is 0.216. The summed E-state index contributed by atoms with van der Waals surface area (Å²) in [5.74, 6) is -6.49. The zero-order valence-electron chi connectivity index (χ0n) is 33.1. The van der Waals surface area contributed by atoms with E-state index in [2.05, 4.69) is 0 Å². The average molecular weight is 876 g/mol. The van der Waals surface area contributed by atoms with Gasteiger partial charge in [-0.05, 0) is 73.0 Å². The number of hydrogen-bond donors (Lipinski definition) is 0. The van der Waals surface area contributed by atoms with Gasteiger partial charge in [-0.2, -0.15) is 0 Å². The molecule has 0 spiro atoms. The van der Waals surface area contributed by atoms with Crippen LogP contribution in [0.15, 0.2) is 69.9 Å². The Hall–Kier alpha value is -0.990. The van der Waals surface area contributed by atoms with Crippen LogP contribution in [0.5, 0.6) is 5.75 Å².